The average Bonchev–Trinajstić information content (AvgIpc) is 2.39. The molecular weight excluding hydrogens is 258 g/mol. The van der Waals surface area contributed by atoms with Crippen molar-refractivity contribution in [3.63, 3.8) is 0 Å². The number of carboxylic acid groups (broad SMARTS) is 1. The number of aryl methyl sites for hydroxylation is 2. The maximum absolute atomic E-state index is 11.6. The van der Waals surface area contributed by atoms with Gasteiger partial charge in [0.2, 0.25) is 5.91 Å². The maximum Gasteiger partial charge on any atom is 0.326 e. The molecule has 0 saturated carbocycles. The molecule has 1 aromatic carbocycles. The van der Waals surface area contributed by atoms with E-state index >= 15 is 0 Å². The molecule has 0 saturated heterocycles. The van der Waals surface area contributed by atoms with Gasteiger partial charge in [0.25, 0.3) is 0 Å². The van der Waals surface area contributed by atoms with Crippen LogP contribution in [0.15, 0.2) is 18.2 Å². The monoisotopic (exact) mass is 279 g/mol. The Labute approximate surface area is 118 Å². The van der Waals surface area contributed by atoms with E-state index < -0.39 is 12.0 Å². The topological polar surface area (TPSA) is 75.6 Å². The van der Waals surface area contributed by atoms with Gasteiger partial charge in [-0.05, 0) is 43.5 Å². The lowest BCUT2D eigenvalue weighted by atomic mass is 10.1. The SMILES string of the molecule is CCC(NC(=O)CCOc1ccc(C)c(C)c1)C(=O)O. The molecule has 1 rings (SSSR count). The van der Waals surface area contributed by atoms with Crippen molar-refractivity contribution in [2.75, 3.05) is 6.61 Å². The second-order valence-electron chi connectivity index (χ2n) is 4.71. The number of carboxylic acids is 1. The fourth-order valence-corrected chi connectivity index (χ4v) is 1.67. The van der Waals surface area contributed by atoms with Gasteiger partial charge in [-0.3, -0.25) is 4.79 Å². The van der Waals surface area contributed by atoms with E-state index in [1.807, 2.05) is 32.0 Å². The van der Waals surface area contributed by atoms with Crippen LogP contribution >= 0.6 is 0 Å². The Kier molecular flexibility index (Phi) is 6.03. The second-order valence-corrected chi connectivity index (χ2v) is 4.71. The zero-order valence-corrected chi connectivity index (χ0v) is 12.1. The summed E-state index contributed by atoms with van der Waals surface area (Å²) in [6.45, 7) is 5.95. The number of rotatable bonds is 7. The van der Waals surface area contributed by atoms with Gasteiger partial charge in [0.1, 0.15) is 11.8 Å². The molecule has 0 fully saturated rings. The van der Waals surface area contributed by atoms with Crippen molar-refractivity contribution in [3.8, 4) is 5.75 Å². The lowest BCUT2D eigenvalue weighted by molar-refractivity contribution is -0.142. The van der Waals surface area contributed by atoms with Gasteiger partial charge >= 0.3 is 5.97 Å². The van der Waals surface area contributed by atoms with E-state index in [1.54, 1.807) is 6.92 Å². The highest BCUT2D eigenvalue weighted by Gasteiger charge is 2.17. The average molecular weight is 279 g/mol. The van der Waals surface area contributed by atoms with E-state index in [9.17, 15) is 9.59 Å². The quantitative estimate of drug-likeness (QED) is 0.801. The number of ether oxygens (including phenoxy) is 1. The van der Waals surface area contributed by atoms with Crippen LogP contribution in [0.4, 0.5) is 0 Å². The van der Waals surface area contributed by atoms with Crippen LogP contribution in [0, 0.1) is 13.8 Å². The molecule has 2 N–H and O–H groups in total. The first kappa shape index (κ1) is 16.0. The summed E-state index contributed by atoms with van der Waals surface area (Å²) < 4.78 is 5.48. The summed E-state index contributed by atoms with van der Waals surface area (Å²) in [4.78, 5) is 22.4. The number of carbonyl (C=O) groups excluding carboxylic acids is 1. The van der Waals surface area contributed by atoms with Gasteiger partial charge in [0, 0.05) is 0 Å². The Morgan fingerprint density at radius 3 is 2.55 bits per heavy atom. The molecule has 0 aliphatic heterocycles. The van der Waals surface area contributed by atoms with Gasteiger partial charge in [-0.1, -0.05) is 13.0 Å². The molecule has 5 heteroatoms. The Morgan fingerprint density at radius 1 is 1.30 bits per heavy atom. The molecule has 20 heavy (non-hydrogen) atoms. The number of amides is 1. The Hall–Kier alpha value is -2.04. The molecule has 1 aromatic rings. The molecular formula is C15H21NO4. The van der Waals surface area contributed by atoms with E-state index in [1.165, 1.54) is 5.56 Å². The van der Waals surface area contributed by atoms with Crippen LogP contribution in [0.25, 0.3) is 0 Å². The molecule has 1 atom stereocenters. The summed E-state index contributed by atoms with van der Waals surface area (Å²) in [6.07, 6.45) is 0.496. The first-order valence-electron chi connectivity index (χ1n) is 6.66. The molecule has 5 nitrogen and oxygen atoms in total. The molecule has 0 radical (unpaired) electrons. The third kappa shape index (κ3) is 4.91. The molecule has 0 aromatic heterocycles. The number of aliphatic carboxylic acids is 1. The summed E-state index contributed by atoms with van der Waals surface area (Å²) in [5, 5.41) is 11.3. The lowest BCUT2D eigenvalue weighted by Gasteiger charge is -2.12. The van der Waals surface area contributed by atoms with Crippen molar-refractivity contribution in [1.82, 2.24) is 5.32 Å². The Balaban J connectivity index is 2.38. The van der Waals surface area contributed by atoms with E-state index in [-0.39, 0.29) is 18.9 Å². The first-order chi connectivity index (χ1) is 9.43. The smallest absolute Gasteiger partial charge is 0.326 e. The molecule has 0 aliphatic rings. The van der Waals surface area contributed by atoms with Gasteiger partial charge in [0.15, 0.2) is 0 Å². The van der Waals surface area contributed by atoms with Gasteiger partial charge in [-0.2, -0.15) is 0 Å². The second kappa shape index (κ2) is 7.53. The van der Waals surface area contributed by atoms with Crippen molar-refractivity contribution < 1.29 is 19.4 Å². The largest absolute Gasteiger partial charge is 0.493 e. The van der Waals surface area contributed by atoms with Crippen molar-refractivity contribution >= 4 is 11.9 Å². The van der Waals surface area contributed by atoms with Crippen LogP contribution in [0.3, 0.4) is 0 Å². The summed E-state index contributed by atoms with van der Waals surface area (Å²) >= 11 is 0. The minimum absolute atomic E-state index is 0.136. The summed E-state index contributed by atoms with van der Waals surface area (Å²) in [7, 11) is 0. The summed E-state index contributed by atoms with van der Waals surface area (Å²) in [5.41, 5.74) is 2.31. The third-order valence-electron chi connectivity index (χ3n) is 3.12. The third-order valence-corrected chi connectivity index (χ3v) is 3.12. The highest BCUT2D eigenvalue weighted by Crippen LogP contribution is 2.16. The molecule has 0 heterocycles. The van der Waals surface area contributed by atoms with Crippen molar-refractivity contribution in [2.45, 2.75) is 39.7 Å². The van der Waals surface area contributed by atoms with Crippen LogP contribution in [0.2, 0.25) is 0 Å². The van der Waals surface area contributed by atoms with Gasteiger partial charge in [0.05, 0.1) is 13.0 Å². The number of hydrogen-bond donors (Lipinski definition) is 2. The molecule has 110 valence electrons. The highest BCUT2D eigenvalue weighted by atomic mass is 16.5. The molecule has 0 aliphatic carbocycles. The normalized spacial score (nSPS) is 11.8. The minimum Gasteiger partial charge on any atom is -0.493 e. The minimum atomic E-state index is -1.02. The molecule has 1 amide bonds. The van der Waals surface area contributed by atoms with Crippen LogP contribution in [-0.4, -0.2) is 29.6 Å². The Bertz CT molecular complexity index is 485. The number of nitrogens with one attached hydrogen (secondary N) is 1. The highest BCUT2D eigenvalue weighted by molar-refractivity contribution is 5.83. The summed E-state index contributed by atoms with van der Waals surface area (Å²) in [6, 6.07) is 4.90. The Morgan fingerprint density at radius 2 is 2.00 bits per heavy atom. The van der Waals surface area contributed by atoms with E-state index in [0.717, 1.165) is 5.56 Å². The van der Waals surface area contributed by atoms with Crippen LogP contribution < -0.4 is 10.1 Å². The van der Waals surface area contributed by atoms with Crippen LogP contribution in [0.1, 0.15) is 30.9 Å². The van der Waals surface area contributed by atoms with E-state index in [0.29, 0.717) is 12.2 Å². The lowest BCUT2D eigenvalue weighted by Crippen LogP contribution is -2.40. The van der Waals surface area contributed by atoms with Gasteiger partial charge < -0.3 is 15.2 Å². The standard InChI is InChI=1S/C15H21NO4/c1-4-13(15(18)19)16-14(17)7-8-20-12-6-5-10(2)11(3)9-12/h5-6,9,13H,4,7-8H2,1-3H3,(H,16,17)(H,18,19). The predicted molar refractivity (Wildman–Crippen MR) is 75.9 cm³/mol. The summed E-state index contributed by atoms with van der Waals surface area (Å²) in [5.74, 6) is -0.620. The first-order valence-corrected chi connectivity index (χ1v) is 6.66. The maximum atomic E-state index is 11.6. The van der Waals surface area contributed by atoms with E-state index in [2.05, 4.69) is 5.32 Å². The molecule has 0 bridgehead atoms. The molecule has 1 unspecified atom stereocenters. The predicted octanol–water partition coefficient (Wildman–Crippen LogP) is 2.05. The number of hydrogen-bond acceptors (Lipinski definition) is 3. The van der Waals surface area contributed by atoms with Crippen LogP contribution in [-0.2, 0) is 9.59 Å². The fourth-order valence-electron chi connectivity index (χ4n) is 1.67. The van der Waals surface area contributed by atoms with Gasteiger partial charge in [-0.15, -0.1) is 0 Å². The van der Waals surface area contributed by atoms with Crippen molar-refractivity contribution in [3.05, 3.63) is 29.3 Å². The molecule has 0 spiro atoms. The van der Waals surface area contributed by atoms with Crippen LogP contribution in [0.5, 0.6) is 5.75 Å². The zero-order valence-electron chi connectivity index (χ0n) is 12.1. The van der Waals surface area contributed by atoms with Crippen molar-refractivity contribution in [2.24, 2.45) is 0 Å². The van der Waals surface area contributed by atoms with Crippen molar-refractivity contribution in [1.29, 1.82) is 0 Å². The van der Waals surface area contributed by atoms with Gasteiger partial charge in [-0.25, -0.2) is 4.79 Å². The number of carbonyl (C=O) groups is 2. The number of benzene rings is 1. The zero-order chi connectivity index (χ0) is 15.1. The van der Waals surface area contributed by atoms with E-state index in [4.69, 9.17) is 9.84 Å². The fraction of sp³-hybridized carbons (Fsp3) is 0.467.